The third kappa shape index (κ3) is 6.43. The predicted octanol–water partition coefficient (Wildman–Crippen LogP) is 5.48. The fourth-order valence-corrected chi connectivity index (χ4v) is 6.34. The first-order chi connectivity index (χ1) is 21.9. The van der Waals surface area contributed by atoms with Crippen LogP contribution in [-0.4, -0.2) is 69.2 Å². The van der Waals surface area contributed by atoms with Gasteiger partial charge < -0.3 is 23.9 Å². The molecule has 2 aromatic heterocycles. The maximum atomic E-state index is 12.5. The molecular formula is C35H38N4O6. The Morgan fingerprint density at radius 2 is 1.78 bits per heavy atom. The Bertz CT molecular complexity index is 1720. The molecule has 1 atom stereocenters. The number of carbonyl (C=O) groups is 2. The standard InChI is InChI=1S/C35H38N4O6/c1-43-31-18-24(34(40)23-5-6-23)7-8-26(31)21-45-33-4-2-3-28(37-33)22-11-14-38(15-12-22)20-32-36-29-10-9-25(35(41)42)17-30(29)39(32)19-27-13-16-44-27/h2-4,7-10,17-18,22-23,27H,5-6,11-16,19-21H2,1H3,(H,41,42)/t27-/m0/s1. The maximum absolute atomic E-state index is 12.5. The van der Waals surface area contributed by atoms with Gasteiger partial charge in [-0.05, 0) is 75.5 Å². The molecule has 4 aromatic rings. The summed E-state index contributed by atoms with van der Waals surface area (Å²) in [6, 6.07) is 16.7. The number of piperidine rings is 1. The molecule has 3 fully saturated rings. The van der Waals surface area contributed by atoms with Crippen molar-refractivity contribution >= 4 is 22.8 Å². The zero-order chi connectivity index (χ0) is 30.9. The van der Waals surface area contributed by atoms with E-state index in [1.807, 2.05) is 30.3 Å². The van der Waals surface area contributed by atoms with Crippen LogP contribution in [0.3, 0.4) is 0 Å². The molecule has 4 heterocycles. The van der Waals surface area contributed by atoms with Crippen LogP contribution >= 0.6 is 0 Å². The number of nitrogens with zero attached hydrogens (tertiary/aromatic N) is 4. The fourth-order valence-electron chi connectivity index (χ4n) is 6.34. The number of ether oxygens (including phenoxy) is 3. The number of hydrogen-bond acceptors (Lipinski definition) is 8. The average Bonchev–Trinajstić information content (AvgIpc) is 3.84. The summed E-state index contributed by atoms with van der Waals surface area (Å²) in [7, 11) is 1.61. The van der Waals surface area contributed by atoms with E-state index in [4.69, 9.17) is 24.2 Å². The first-order valence-corrected chi connectivity index (χ1v) is 15.8. The SMILES string of the molecule is COc1cc(C(=O)C2CC2)ccc1COc1cccc(C2CCN(Cc3nc4ccc(C(=O)O)cc4n3C[C@@H]3CCO3)CC2)n1. The van der Waals surface area contributed by atoms with Gasteiger partial charge in [0, 0.05) is 41.3 Å². The van der Waals surface area contributed by atoms with E-state index in [-0.39, 0.29) is 23.4 Å². The van der Waals surface area contributed by atoms with Gasteiger partial charge in [-0.3, -0.25) is 9.69 Å². The minimum absolute atomic E-state index is 0.137. The monoisotopic (exact) mass is 610 g/mol. The van der Waals surface area contributed by atoms with E-state index in [0.717, 1.165) is 79.9 Å². The van der Waals surface area contributed by atoms with Crippen LogP contribution < -0.4 is 9.47 Å². The highest BCUT2D eigenvalue weighted by Crippen LogP contribution is 2.34. The molecule has 0 amide bonds. The van der Waals surface area contributed by atoms with Gasteiger partial charge in [-0.15, -0.1) is 0 Å². The highest BCUT2D eigenvalue weighted by atomic mass is 16.5. The zero-order valence-electron chi connectivity index (χ0n) is 25.5. The topological polar surface area (TPSA) is 116 Å². The summed E-state index contributed by atoms with van der Waals surface area (Å²) in [6.07, 6.45) is 5.02. The van der Waals surface area contributed by atoms with Crippen molar-refractivity contribution in [1.29, 1.82) is 0 Å². The minimum atomic E-state index is -0.938. The third-order valence-electron chi connectivity index (χ3n) is 9.27. The van der Waals surface area contributed by atoms with E-state index in [1.165, 1.54) is 0 Å². The molecule has 1 saturated carbocycles. The molecule has 234 valence electrons. The molecule has 10 nitrogen and oxygen atoms in total. The van der Waals surface area contributed by atoms with Crippen molar-refractivity contribution in [3.8, 4) is 11.6 Å². The van der Waals surface area contributed by atoms with Gasteiger partial charge in [0.15, 0.2) is 5.78 Å². The number of aromatic nitrogens is 3. The Morgan fingerprint density at radius 3 is 2.49 bits per heavy atom. The predicted molar refractivity (Wildman–Crippen MR) is 167 cm³/mol. The minimum Gasteiger partial charge on any atom is -0.496 e. The van der Waals surface area contributed by atoms with Crippen molar-refractivity contribution in [1.82, 2.24) is 19.4 Å². The summed E-state index contributed by atoms with van der Waals surface area (Å²) in [4.78, 5) is 36.3. The molecule has 0 bridgehead atoms. The third-order valence-corrected chi connectivity index (χ3v) is 9.27. The number of aromatic carboxylic acids is 1. The van der Waals surface area contributed by atoms with Gasteiger partial charge in [0.05, 0.1) is 42.9 Å². The number of carboxylic acids is 1. The molecular weight excluding hydrogens is 572 g/mol. The van der Waals surface area contributed by atoms with E-state index < -0.39 is 5.97 Å². The number of likely N-dealkylation sites (tertiary alicyclic amines) is 1. The van der Waals surface area contributed by atoms with Gasteiger partial charge >= 0.3 is 5.97 Å². The highest BCUT2D eigenvalue weighted by Gasteiger charge is 2.31. The number of pyridine rings is 1. The number of imidazole rings is 1. The Morgan fingerprint density at radius 1 is 0.978 bits per heavy atom. The van der Waals surface area contributed by atoms with E-state index in [0.29, 0.717) is 42.8 Å². The number of rotatable bonds is 12. The van der Waals surface area contributed by atoms with Crippen molar-refractivity contribution in [3.63, 3.8) is 0 Å². The first kappa shape index (κ1) is 29.4. The first-order valence-electron chi connectivity index (χ1n) is 15.8. The Labute approximate surface area is 261 Å². The molecule has 2 aliphatic heterocycles. The molecule has 3 aliphatic rings. The molecule has 1 aliphatic carbocycles. The van der Waals surface area contributed by atoms with Crippen LogP contribution in [0.5, 0.6) is 11.6 Å². The molecule has 45 heavy (non-hydrogen) atoms. The summed E-state index contributed by atoms with van der Waals surface area (Å²) < 4.78 is 19.5. The quantitative estimate of drug-likeness (QED) is 0.208. The number of benzene rings is 2. The Hall–Kier alpha value is -4.28. The van der Waals surface area contributed by atoms with E-state index in [2.05, 4.69) is 15.5 Å². The van der Waals surface area contributed by atoms with Crippen molar-refractivity contribution in [3.05, 3.63) is 82.8 Å². The van der Waals surface area contributed by atoms with Gasteiger partial charge in [-0.1, -0.05) is 18.2 Å². The lowest BCUT2D eigenvalue weighted by atomic mass is 9.93. The number of carboxylic acid groups (broad SMARTS) is 1. The number of hydrogen-bond donors (Lipinski definition) is 1. The van der Waals surface area contributed by atoms with Crippen molar-refractivity contribution in [2.75, 3.05) is 26.8 Å². The second-order valence-electron chi connectivity index (χ2n) is 12.3. The summed E-state index contributed by atoms with van der Waals surface area (Å²) in [5, 5.41) is 9.53. The van der Waals surface area contributed by atoms with Crippen LogP contribution in [0.15, 0.2) is 54.6 Å². The molecule has 7 rings (SSSR count). The van der Waals surface area contributed by atoms with Crippen molar-refractivity contribution in [2.24, 2.45) is 5.92 Å². The lowest BCUT2D eigenvalue weighted by Crippen LogP contribution is -2.35. The lowest BCUT2D eigenvalue weighted by Gasteiger charge is -2.32. The van der Waals surface area contributed by atoms with Crippen LogP contribution in [0, 0.1) is 5.92 Å². The van der Waals surface area contributed by atoms with Gasteiger partial charge in [-0.2, -0.15) is 0 Å². The Balaban J connectivity index is 0.984. The second kappa shape index (κ2) is 12.6. The highest BCUT2D eigenvalue weighted by molar-refractivity contribution is 5.99. The molecule has 0 unspecified atom stereocenters. The van der Waals surface area contributed by atoms with E-state index in [9.17, 15) is 14.7 Å². The maximum Gasteiger partial charge on any atom is 0.335 e. The summed E-state index contributed by atoms with van der Waals surface area (Å²) in [6.45, 7) is 4.26. The smallest absolute Gasteiger partial charge is 0.335 e. The van der Waals surface area contributed by atoms with Crippen LogP contribution in [0.2, 0.25) is 0 Å². The van der Waals surface area contributed by atoms with Crippen LogP contribution in [-0.2, 0) is 24.4 Å². The second-order valence-corrected chi connectivity index (χ2v) is 12.3. The largest absolute Gasteiger partial charge is 0.496 e. The van der Waals surface area contributed by atoms with Crippen LogP contribution in [0.25, 0.3) is 11.0 Å². The summed E-state index contributed by atoms with van der Waals surface area (Å²) >= 11 is 0. The number of methoxy groups -OCH3 is 1. The number of Topliss-reactive ketones (excluding diaryl/α,β-unsaturated/α-hetero) is 1. The number of carbonyl (C=O) groups excluding carboxylic acids is 1. The van der Waals surface area contributed by atoms with Crippen molar-refractivity contribution < 1.29 is 28.9 Å². The van der Waals surface area contributed by atoms with Crippen LogP contribution in [0.4, 0.5) is 0 Å². The molecule has 1 N–H and O–H groups in total. The summed E-state index contributed by atoms with van der Waals surface area (Å²) in [5.74, 6) is 1.91. The number of fused-ring (bicyclic) bond motifs is 1. The molecule has 2 aromatic carbocycles. The molecule has 10 heteroatoms. The lowest BCUT2D eigenvalue weighted by molar-refractivity contribution is -0.0592. The van der Waals surface area contributed by atoms with Gasteiger partial charge in [0.25, 0.3) is 0 Å². The number of ketones is 1. The van der Waals surface area contributed by atoms with Crippen molar-refractivity contribution in [2.45, 2.75) is 63.8 Å². The fraction of sp³-hybridized carbons (Fsp3) is 0.429. The summed E-state index contributed by atoms with van der Waals surface area (Å²) in [5.41, 5.74) is 4.52. The van der Waals surface area contributed by atoms with Gasteiger partial charge in [-0.25, -0.2) is 14.8 Å². The molecule has 0 spiro atoms. The zero-order valence-corrected chi connectivity index (χ0v) is 25.5. The average molecular weight is 611 g/mol. The molecule has 0 radical (unpaired) electrons. The van der Waals surface area contributed by atoms with Crippen LogP contribution in [0.1, 0.15) is 75.8 Å². The van der Waals surface area contributed by atoms with E-state index in [1.54, 1.807) is 25.3 Å². The molecule has 2 saturated heterocycles. The van der Waals surface area contributed by atoms with Gasteiger partial charge in [0.1, 0.15) is 18.2 Å². The Kier molecular flexibility index (Phi) is 8.25. The normalized spacial score (nSPS) is 18.9. The van der Waals surface area contributed by atoms with Gasteiger partial charge in [0.2, 0.25) is 5.88 Å². The van der Waals surface area contributed by atoms with E-state index >= 15 is 0 Å².